The molecule has 0 radical (unpaired) electrons. The zero-order valence-corrected chi connectivity index (χ0v) is 10.4. The Morgan fingerprint density at radius 2 is 2.06 bits per heavy atom. The lowest BCUT2D eigenvalue weighted by Crippen LogP contribution is -2.38. The summed E-state index contributed by atoms with van der Waals surface area (Å²) >= 11 is 0. The van der Waals surface area contributed by atoms with Crippen LogP contribution in [0.3, 0.4) is 0 Å². The van der Waals surface area contributed by atoms with Crippen molar-refractivity contribution in [1.82, 2.24) is 9.78 Å². The maximum Gasteiger partial charge on any atom is 0.170 e. The van der Waals surface area contributed by atoms with E-state index in [2.05, 4.69) is 5.10 Å². The van der Waals surface area contributed by atoms with E-state index in [0.29, 0.717) is 12.8 Å². The number of hydrogen-bond acceptors (Lipinski definition) is 3. The second-order valence-corrected chi connectivity index (χ2v) is 4.24. The number of carbonyl (C=O) groups excluding carboxylic acids is 1. The highest BCUT2D eigenvalue weighted by molar-refractivity contribution is 5.88. The first kappa shape index (κ1) is 12.9. The van der Waals surface area contributed by atoms with E-state index in [0.717, 1.165) is 11.4 Å². The zero-order chi connectivity index (χ0) is 12.3. The molecule has 0 spiro atoms. The molecule has 0 atom stereocenters. The van der Waals surface area contributed by atoms with Crippen LogP contribution in [0.1, 0.15) is 38.1 Å². The Morgan fingerprint density at radius 1 is 1.50 bits per heavy atom. The van der Waals surface area contributed by atoms with Gasteiger partial charge in [-0.15, -0.1) is 0 Å². The molecular weight excluding hydrogens is 204 g/mol. The number of aryl methyl sites for hydroxylation is 2. The lowest BCUT2D eigenvalue weighted by molar-refractivity contribution is -0.137. The number of aromatic nitrogens is 2. The average Bonchev–Trinajstić information content (AvgIpc) is 2.56. The Labute approximate surface area is 96.3 Å². The van der Waals surface area contributed by atoms with Gasteiger partial charge >= 0.3 is 0 Å². The van der Waals surface area contributed by atoms with Crippen LogP contribution in [-0.2, 0) is 18.3 Å². The van der Waals surface area contributed by atoms with E-state index in [4.69, 9.17) is 0 Å². The second-order valence-electron chi connectivity index (χ2n) is 4.24. The molecule has 90 valence electrons. The fraction of sp³-hybridized carbons (Fsp3) is 0.667. The predicted octanol–water partition coefficient (Wildman–Crippen LogP) is 1.39. The van der Waals surface area contributed by atoms with Gasteiger partial charge in [0.05, 0.1) is 12.1 Å². The fourth-order valence-corrected chi connectivity index (χ4v) is 1.80. The monoisotopic (exact) mass is 224 g/mol. The average molecular weight is 224 g/mol. The molecule has 1 aromatic rings. The zero-order valence-electron chi connectivity index (χ0n) is 10.4. The molecule has 0 aromatic carbocycles. The van der Waals surface area contributed by atoms with Gasteiger partial charge in [0.1, 0.15) is 5.60 Å². The van der Waals surface area contributed by atoms with Crippen LogP contribution < -0.4 is 0 Å². The van der Waals surface area contributed by atoms with Crippen molar-refractivity contribution < 1.29 is 9.90 Å². The maximum absolute atomic E-state index is 12.0. The summed E-state index contributed by atoms with van der Waals surface area (Å²) in [7, 11) is 1.81. The normalized spacial score (nSPS) is 11.8. The minimum absolute atomic E-state index is 0.125. The van der Waals surface area contributed by atoms with Gasteiger partial charge < -0.3 is 5.11 Å². The molecule has 16 heavy (non-hydrogen) atoms. The Hall–Kier alpha value is -1.16. The first-order valence-corrected chi connectivity index (χ1v) is 5.68. The van der Waals surface area contributed by atoms with E-state index in [-0.39, 0.29) is 12.2 Å². The number of rotatable bonds is 5. The number of hydrogen-bond donors (Lipinski definition) is 1. The van der Waals surface area contributed by atoms with Crippen LogP contribution in [-0.4, -0.2) is 26.3 Å². The molecule has 0 saturated carbocycles. The summed E-state index contributed by atoms with van der Waals surface area (Å²) in [5, 5.41) is 14.3. The number of carbonyl (C=O) groups is 1. The lowest BCUT2D eigenvalue weighted by Gasteiger charge is -2.23. The van der Waals surface area contributed by atoms with Crippen molar-refractivity contribution in [3.63, 3.8) is 0 Å². The molecular formula is C12H20N2O2. The minimum Gasteiger partial charge on any atom is -0.382 e. The third-order valence-electron chi connectivity index (χ3n) is 3.13. The number of aliphatic hydroxyl groups is 1. The first-order chi connectivity index (χ1) is 7.42. The molecule has 0 bridgehead atoms. The molecule has 0 unspecified atom stereocenters. The highest BCUT2D eigenvalue weighted by Crippen LogP contribution is 2.18. The van der Waals surface area contributed by atoms with E-state index < -0.39 is 5.60 Å². The SMILES string of the molecule is CCC(O)(CC)C(=O)Cc1cc(C)nn1C. The topological polar surface area (TPSA) is 55.1 Å². The van der Waals surface area contributed by atoms with Gasteiger partial charge in [-0.2, -0.15) is 5.10 Å². The fourth-order valence-electron chi connectivity index (χ4n) is 1.80. The van der Waals surface area contributed by atoms with Gasteiger partial charge in [0.15, 0.2) is 5.78 Å². The number of Topliss-reactive ketones (excluding diaryl/α,β-unsaturated/α-hetero) is 1. The molecule has 1 rings (SSSR count). The summed E-state index contributed by atoms with van der Waals surface area (Å²) in [6.07, 6.45) is 1.16. The van der Waals surface area contributed by atoms with Gasteiger partial charge in [-0.1, -0.05) is 13.8 Å². The van der Waals surface area contributed by atoms with E-state index in [9.17, 15) is 9.90 Å². The van der Waals surface area contributed by atoms with Crippen molar-refractivity contribution >= 4 is 5.78 Å². The molecule has 1 aromatic heterocycles. The summed E-state index contributed by atoms with van der Waals surface area (Å²) in [6.45, 7) is 5.55. The van der Waals surface area contributed by atoms with Crippen molar-refractivity contribution in [3.05, 3.63) is 17.5 Å². The number of ketones is 1. The van der Waals surface area contributed by atoms with Crippen molar-refractivity contribution in [2.75, 3.05) is 0 Å². The molecule has 1 heterocycles. The molecule has 1 N–H and O–H groups in total. The van der Waals surface area contributed by atoms with Gasteiger partial charge in [0.25, 0.3) is 0 Å². The van der Waals surface area contributed by atoms with E-state index in [1.165, 1.54) is 0 Å². The molecule has 0 aliphatic heterocycles. The van der Waals surface area contributed by atoms with Crippen LogP contribution in [0.25, 0.3) is 0 Å². The maximum atomic E-state index is 12.0. The summed E-state index contributed by atoms with van der Waals surface area (Å²) < 4.78 is 1.69. The molecule has 0 aliphatic carbocycles. The van der Waals surface area contributed by atoms with E-state index >= 15 is 0 Å². The molecule has 0 aliphatic rings. The van der Waals surface area contributed by atoms with Crippen LogP contribution in [0.2, 0.25) is 0 Å². The molecule has 0 amide bonds. The third kappa shape index (κ3) is 2.50. The van der Waals surface area contributed by atoms with Gasteiger partial charge in [0, 0.05) is 12.7 Å². The summed E-state index contributed by atoms with van der Waals surface area (Å²) in [5.74, 6) is -0.125. The van der Waals surface area contributed by atoms with Crippen LogP contribution in [0, 0.1) is 6.92 Å². The predicted molar refractivity (Wildman–Crippen MR) is 62.2 cm³/mol. The van der Waals surface area contributed by atoms with Crippen molar-refractivity contribution in [2.24, 2.45) is 7.05 Å². The Morgan fingerprint density at radius 3 is 2.44 bits per heavy atom. The second kappa shape index (κ2) is 4.78. The molecule has 0 fully saturated rings. The first-order valence-electron chi connectivity index (χ1n) is 5.68. The summed E-state index contributed by atoms with van der Waals surface area (Å²) in [4.78, 5) is 12.0. The smallest absolute Gasteiger partial charge is 0.170 e. The van der Waals surface area contributed by atoms with Gasteiger partial charge in [0.2, 0.25) is 0 Å². The van der Waals surface area contributed by atoms with E-state index in [1.54, 1.807) is 4.68 Å². The van der Waals surface area contributed by atoms with E-state index in [1.807, 2.05) is 33.9 Å². The van der Waals surface area contributed by atoms with Crippen molar-refractivity contribution in [1.29, 1.82) is 0 Å². The van der Waals surface area contributed by atoms with Gasteiger partial charge in [-0.25, -0.2) is 0 Å². The Kier molecular flexibility index (Phi) is 3.86. The van der Waals surface area contributed by atoms with Crippen molar-refractivity contribution in [3.8, 4) is 0 Å². The largest absolute Gasteiger partial charge is 0.382 e. The summed E-state index contributed by atoms with van der Waals surface area (Å²) in [6, 6.07) is 1.88. The molecule has 4 heteroatoms. The quantitative estimate of drug-likeness (QED) is 0.822. The Balaban J connectivity index is 2.82. The van der Waals surface area contributed by atoms with Crippen LogP contribution in [0.15, 0.2) is 6.07 Å². The highest BCUT2D eigenvalue weighted by Gasteiger charge is 2.31. The van der Waals surface area contributed by atoms with Crippen LogP contribution in [0.5, 0.6) is 0 Å². The third-order valence-corrected chi connectivity index (χ3v) is 3.13. The van der Waals surface area contributed by atoms with Crippen molar-refractivity contribution in [2.45, 2.75) is 45.6 Å². The summed E-state index contributed by atoms with van der Waals surface area (Å²) in [5.41, 5.74) is 0.558. The standard InChI is InChI=1S/C12H20N2O2/c1-5-12(16,6-2)11(15)8-10-7-9(3)13-14(10)4/h7,16H,5-6,8H2,1-4H3. The van der Waals surface area contributed by atoms with Crippen LogP contribution >= 0.6 is 0 Å². The lowest BCUT2D eigenvalue weighted by atomic mass is 9.89. The molecule has 0 saturated heterocycles. The highest BCUT2D eigenvalue weighted by atomic mass is 16.3. The van der Waals surface area contributed by atoms with Gasteiger partial charge in [-0.3, -0.25) is 9.48 Å². The molecule has 4 nitrogen and oxygen atoms in total. The van der Waals surface area contributed by atoms with Crippen LogP contribution in [0.4, 0.5) is 0 Å². The Bertz CT molecular complexity index is 378. The minimum atomic E-state index is -1.18. The number of nitrogens with zero attached hydrogens (tertiary/aromatic N) is 2. The van der Waals surface area contributed by atoms with Gasteiger partial charge in [-0.05, 0) is 25.8 Å².